The maximum absolute atomic E-state index is 12.0. The lowest BCUT2D eigenvalue weighted by Gasteiger charge is -2.14. The molecule has 0 saturated carbocycles. The van der Waals surface area contributed by atoms with Crippen LogP contribution < -0.4 is 10.1 Å². The zero-order valence-electron chi connectivity index (χ0n) is 10.4. The zero-order chi connectivity index (χ0) is 12.8. The van der Waals surface area contributed by atoms with Gasteiger partial charge < -0.3 is 10.1 Å². The molecule has 0 unspecified atom stereocenters. The van der Waals surface area contributed by atoms with Gasteiger partial charge >= 0.3 is 0 Å². The summed E-state index contributed by atoms with van der Waals surface area (Å²) in [5.74, 6) is 0.390. The molecule has 1 rings (SSSR count). The first-order chi connectivity index (χ1) is 8.08. The first kappa shape index (κ1) is 13.8. The van der Waals surface area contributed by atoms with E-state index >= 15 is 0 Å². The fourth-order valence-corrected chi connectivity index (χ4v) is 1.84. The Labute approximate surface area is 107 Å². The average Bonchev–Trinajstić information content (AvgIpc) is 2.29. The lowest BCUT2D eigenvalue weighted by atomic mass is 10.1. The molecule has 94 valence electrons. The van der Waals surface area contributed by atoms with E-state index in [1.54, 1.807) is 18.2 Å². The number of halogens is 1. The van der Waals surface area contributed by atoms with E-state index in [0.717, 1.165) is 12.8 Å². The Balaban J connectivity index is 2.83. The molecule has 0 radical (unpaired) electrons. The molecule has 0 aliphatic carbocycles. The molecule has 1 atom stereocenters. The number of methoxy groups -OCH3 is 1. The molecular weight excluding hydrogens is 238 g/mol. The summed E-state index contributed by atoms with van der Waals surface area (Å²) in [6, 6.07) is 5.17. The summed E-state index contributed by atoms with van der Waals surface area (Å²) in [6.45, 7) is 4.07. The third-order valence-electron chi connectivity index (χ3n) is 2.51. The first-order valence-electron chi connectivity index (χ1n) is 5.72. The second-order valence-electron chi connectivity index (χ2n) is 4.01. The van der Waals surface area contributed by atoms with Crippen LogP contribution in [0.5, 0.6) is 5.75 Å². The molecule has 1 N–H and O–H groups in total. The smallest absolute Gasteiger partial charge is 0.255 e. The van der Waals surface area contributed by atoms with Gasteiger partial charge in [0.25, 0.3) is 5.91 Å². The van der Waals surface area contributed by atoms with Crippen molar-refractivity contribution < 1.29 is 9.53 Å². The number of carbonyl (C=O) groups is 1. The number of amides is 1. The molecule has 0 aromatic heterocycles. The number of ether oxygens (including phenoxy) is 1. The molecular formula is C13H18ClNO2. The third-order valence-corrected chi connectivity index (χ3v) is 2.74. The molecule has 0 heterocycles. The minimum absolute atomic E-state index is 0.148. The van der Waals surface area contributed by atoms with E-state index in [1.165, 1.54) is 7.11 Å². The van der Waals surface area contributed by atoms with Crippen LogP contribution in [0.3, 0.4) is 0 Å². The van der Waals surface area contributed by atoms with Gasteiger partial charge in [-0.2, -0.15) is 0 Å². The molecule has 0 saturated heterocycles. The summed E-state index contributed by atoms with van der Waals surface area (Å²) < 4.78 is 5.14. The van der Waals surface area contributed by atoms with Crippen molar-refractivity contribution in [1.82, 2.24) is 5.32 Å². The fraction of sp³-hybridized carbons (Fsp3) is 0.462. The Kier molecular flexibility index (Phi) is 5.29. The van der Waals surface area contributed by atoms with Gasteiger partial charge in [-0.15, -0.1) is 0 Å². The van der Waals surface area contributed by atoms with E-state index in [4.69, 9.17) is 16.3 Å². The lowest BCUT2D eigenvalue weighted by Crippen LogP contribution is -2.32. The van der Waals surface area contributed by atoms with E-state index < -0.39 is 0 Å². The normalized spacial score (nSPS) is 12.0. The molecule has 17 heavy (non-hydrogen) atoms. The predicted octanol–water partition coefficient (Wildman–Crippen LogP) is 3.27. The topological polar surface area (TPSA) is 38.3 Å². The number of rotatable bonds is 5. The van der Waals surface area contributed by atoms with Crippen molar-refractivity contribution in [2.24, 2.45) is 0 Å². The minimum Gasteiger partial charge on any atom is -0.496 e. The summed E-state index contributed by atoms with van der Waals surface area (Å²) >= 11 is 5.88. The Morgan fingerprint density at radius 1 is 1.53 bits per heavy atom. The van der Waals surface area contributed by atoms with E-state index in [0.29, 0.717) is 16.3 Å². The molecule has 3 nitrogen and oxygen atoms in total. The van der Waals surface area contributed by atoms with Crippen molar-refractivity contribution in [1.29, 1.82) is 0 Å². The zero-order valence-corrected chi connectivity index (χ0v) is 11.2. The van der Waals surface area contributed by atoms with Crippen LogP contribution in [0.1, 0.15) is 37.0 Å². The van der Waals surface area contributed by atoms with Gasteiger partial charge in [0.15, 0.2) is 0 Å². The molecule has 0 aliphatic heterocycles. The minimum atomic E-state index is -0.148. The lowest BCUT2D eigenvalue weighted by molar-refractivity contribution is 0.0935. The Hall–Kier alpha value is -1.22. The number of hydrogen-bond donors (Lipinski definition) is 1. The second-order valence-corrected chi connectivity index (χ2v) is 4.44. The predicted molar refractivity (Wildman–Crippen MR) is 69.8 cm³/mol. The van der Waals surface area contributed by atoms with Crippen LogP contribution >= 0.6 is 11.6 Å². The fourth-order valence-electron chi connectivity index (χ4n) is 1.66. The summed E-state index contributed by atoms with van der Waals surface area (Å²) in [5.41, 5.74) is 0.475. The molecule has 1 amide bonds. The Morgan fingerprint density at radius 2 is 2.24 bits per heavy atom. The van der Waals surface area contributed by atoms with E-state index in [9.17, 15) is 4.79 Å². The quantitative estimate of drug-likeness (QED) is 0.877. The van der Waals surface area contributed by atoms with E-state index in [-0.39, 0.29) is 11.9 Å². The Morgan fingerprint density at radius 3 is 2.82 bits per heavy atom. The van der Waals surface area contributed by atoms with Crippen molar-refractivity contribution in [2.75, 3.05) is 7.11 Å². The Bertz CT molecular complexity index is 393. The maximum atomic E-state index is 12.0. The van der Waals surface area contributed by atoms with Crippen molar-refractivity contribution in [2.45, 2.75) is 32.7 Å². The van der Waals surface area contributed by atoms with Crippen LogP contribution in [0.2, 0.25) is 5.02 Å². The second kappa shape index (κ2) is 6.50. The van der Waals surface area contributed by atoms with Crippen LogP contribution in [-0.4, -0.2) is 19.1 Å². The summed E-state index contributed by atoms with van der Waals surface area (Å²) in [7, 11) is 1.54. The highest BCUT2D eigenvalue weighted by Gasteiger charge is 2.14. The van der Waals surface area contributed by atoms with Crippen LogP contribution in [0.25, 0.3) is 0 Å². The van der Waals surface area contributed by atoms with Gasteiger partial charge in [0, 0.05) is 11.1 Å². The van der Waals surface area contributed by atoms with E-state index in [2.05, 4.69) is 12.2 Å². The molecule has 0 aliphatic rings. The molecule has 0 fully saturated rings. The van der Waals surface area contributed by atoms with Crippen LogP contribution in [-0.2, 0) is 0 Å². The van der Waals surface area contributed by atoms with Crippen molar-refractivity contribution in [3.8, 4) is 5.75 Å². The SMILES string of the molecule is CCC[C@@H](C)NC(=O)c1cc(Cl)ccc1OC. The van der Waals surface area contributed by atoms with Crippen LogP contribution in [0, 0.1) is 0 Å². The van der Waals surface area contributed by atoms with Crippen molar-refractivity contribution in [3.05, 3.63) is 28.8 Å². The van der Waals surface area contributed by atoms with Gasteiger partial charge in [0.05, 0.1) is 12.7 Å². The van der Waals surface area contributed by atoms with Gasteiger partial charge in [0.1, 0.15) is 5.75 Å². The molecule has 0 spiro atoms. The number of benzene rings is 1. The van der Waals surface area contributed by atoms with Gasteiger partial charge in [-0.25, -0.2) is 0 Å². The van der Waals surface area contributed by atoms with Crippen LogP contribution in [0.15, 0.2) is 18.2 Å². The summed E-state index contributed by atoms with van der Waals surface area (Å²) in [4.78, 5) is 12.0. The highest BCUT2D eigenvalue weighted by Crippen LogP contribution is 2.22. The number of carbonyl (C=O) groups excluding carboxylic acids is 1. The summed E-state index contributed by atoms with van der Waals surface area (Å²) in [5, 5.41) is 3.45. The van der Waals surface area contributed by atoms with Gasteiger partial charge in [-0.3, -0.25) is 4.79 Å². The average molecular weight is 256 g/mol. The number of nitrogens with one attached hydrogen (secondary N) is 1. The van der Waals surface area contributed by atoms with Gasteiger partial charge in [-0.05, 0) is 31.5 Å². The molecule has 1 aromatic carbocycles. The highest BCUT2D eigenvalue weighted by molar-refractivity contribution is 6.31. The standard InChI is InChI=1S/C13H18ClNO2/c1-4-5-9(2)15-13(16)11-8-10(14)6-7-12(11)17-3/h6-9H,4-5H2,1-3H3,(H,15,16)/t9-/m1/s1. The van der Waals surface area contributed by atoms with Gasteiger partial charge in [0.2, 0.25) is 0 Å². The molecule has 0 bridgehead atoms. The maximum Gasteiger partial charge on any atom is 0.255 e. The first-order valence-corrected chi connectivity index (χ1v) is 6.10. The van der Waals surface area contributed by atoms with Crippen molar-refractivity contribution in [3.63, 3.8) is 0 Å². The highest BCUT2D eigenvalue weighted by atomic mass is 35.5. The third kappa shape index (κ3) is 3.93. The number of hydrogen-bond acceptors (Lipinski definition) is 2. The molecule has 4 heteroatoms. The molecule has 1 aromatic rings. The van der Waals surface area contributed by atoms with Crippen molar-refractivity contribution >= 4 is 17.5 Å². The van der Waals surface area contributed by atoms with E-state index in [1.807, 2.05) is 6.92 Å². The monoisotopic (exact) mass is 255 g/mol. The largest absolute Gasteiger partial charge is 0.496 e. The van der Waals surface area contributed by atoms with Crippen LogP contribution in [0.4, 0.5) is 0 Å². The summed E-state index contributed by atoms with van der Waals surface area (Å²) in [6.07, 6.45) is 1.99. The van der Waals surface area contributed by atoms with Gasteiger partial charge in [-0.1, -0.05) is 24.9 Å².